The summed E-state index contributed by atoms with van der Waals surface area (Å²) in [4.78, 5) is 4.80. The highest BCUT2D eigenvalue weighted by molar-refractivity contribution is 6.26. The normalized spacial score (nSPS) is 11.6. The summed E-state index contributed by atoms with van der Waals surface area (Å²) in [6.07, 6.45) is 0. The van der Waals surface area contributed by atoms with E-state index in [-0.39, 0.29) is 0 Å². The number of rotatable bonds is 8. The van der Waals surface area contributed by atoms with Gasteiger partial charge in [0.15, 0.2) is 0 Å². The first-order valence-corrected chi connectivity index (χ1v) is 24.8. The number of nitrogens with zero attached hydrogens (tertiary/aromatic N) is 2. The number of para-hydroxylation sites is 4. The second-order valence-electron chi connectivity index (χ2n) is 18.8. The van der Waals surface area contributed by atoms with Crippen molar-refractivity contribution in [1.82, 2.24) is 0 Å². The molecule has 0 amide bonds. The number of benzene rings is 14. The lowest BCUT2D eigenvalue weighted by Crippen LogP contribution is -2.10. The molecule has 0 atom stereocenters. The van der Waals surface area contributed by atoms with Crippen molar-refractivity contribution in [2.45, 2.75) is 0 Å². The average Bonchev–Trinajstić information content (AvgIpc) is 3.46. The van der Waals surface area contributed by atoms with E-state index >= 15 is 0 Å². The monoisotopic (exact) mass is 914 g/mol. The third-order valence-electron chi connectivity index (χ3n) is 14.7. The van der Waals surface area contributed by atoms with Gasteiger partial charge in [0.25, 0.3) is 0 Å². The molecule has 2 heteroatoms. The molecular formula is C70H46N2. The van der Waals surface area contributed by atoms with Crippen molar-refractivity contribution < 1.29 is 0 Å². The Morgan fingerprint density at radius 2 is 0.458 bits per heavy atom. The van der Waals surface area contributed by atoms with Crippen LogP contribution in [0.4, 0.5) is 34.1 Å². The van der Waals surface area contributed by atoms with E-state index in [0.29, 0.717) is 0 Å². The van der Waals surface area contributed by atoms with E-state index in [1.54, 1.807) is 0 Å². The molecule has 0 unspecified atom stereocenters. The van der Waals surface area contributed by atoms with Gasteiger partial charge in [0.05, 0.1) is 11.4 Å². The Hall–Kier alpha value is -9.50. The average molecular weight is 915 g/mol. The van der Waals surface area contributed by atoms with Crippen molar-refractivity contribution in [3.8, 4) is 22.3 Å². The van der Waals surface area contributed by atoms with Crippen LogP contribution in [0.3, 0.4) is 0 Å². The molecule has 0 radical (unpaired) electrons. The van der Waals surface area contributed by atoms with Crippen LogP contribution in [0.1, 0.15) is 0 Å². The third kappa shape index (κ3) is 6.88. The van der Waals surface area contributed by atoms with Crippen LogP contribution in [0.5, 0.6) is 0 Å². The molecule has 2 nitrogen and oxygen atoms in total. The molecule has 336 valence electrons. The van der Waals surface area contributed by atoms with E-state index in [9.17, 15) is 0 Å². The fourth-order valence-electron chi connectivity index (χ4n) is 11.5. The summed E-state index contributed by atoms with van der Waals surface area (Å²) in [6.45, 7) is 0. The first-order chi connectivity index (χ1) is 35.7. The summed E-state index contributed by atoms with van der Waals surface area (Å²) in [5.74, 6) is 0. The van der Waals surface area contributed by atoms with Gasteiger partial charge in [-0.3, -0.25) is 0 Å². The molecule has 0 fully saturated rings. The van der Waals surface area contributed by atoms with Gasteiger partial charge in [0.2, 0.25) is 0 Å². The Morgan fingerprint density at radius 3 is 0.806 bits per heavy atom. The topological polar surface area (TPSA) is 6.48 Å². The van der Waals surface area contributed by atoms with Gasteiger partial charge in [-0.25, -0.2) is 0 Å². The van der Waals surface area contributed by atoms with Gasteiger partial charge in [-0.1, -0.05) is 194 Å². The lowest BCUT2D eigenvalue weighted by atomic mass is 9.88. The van der Waals surface area contributed by atoms with Crippen LogP contribution in [0.15, 0.2) is 279 Å². The van der Waals surface area contributed by atoms with Crippen LogP contribution in [-0.2, 0) is 0 Å². The highest BCUT2D eigenvalue weighted by Gasteiger charge is 2.22. The van der Waals surface area contributed by atoms with Crippen molar-refractivity contribution in [2.24, 2.45) is 0 Å². The van der Waals surface area contributed by atoms with Crippen molar-refractivity contribution >= 4 is 110 Å². The van der Waals surface area contributed by atoms with Gasteiger partial charge in [0, 0.05) is 33.5 Å². The van der Waals surface area contributed by atoms with Crippen LogP contribution in [0.2, 0.25) is 0 Å². The zero-order valence-electron chi connectivity index (χ0n) is 39.5. The largest absolute Gasteiger partial charge is 0.310 e. The number of hydrogen-bond donors (Lipinski definition) is 0. The van der Waals surface area contributed by atoms with Gasteiger partial charge >= 0.3 is 0 Å². The quantitative estimate of drug-likeness (QED) is 0.140. The second-order valence-corrected chi connectivity index (χ2v) is 18.8. The Bertz CT molecular complexity index is 4020. The first-order valence-electron chi connectivity index (χ1n) is 24.8. The van der Waals surface area contributed by atoms with Crippen LogP contribution >= 0.6 is 0 Å². The lowest BCUT2D eigenvalue weighted by molar-refractivity contribution is 1.30. The van der Waals surface area contributed by atoms with Crippen molar-refractivity contribution in [3.63, 3.8) is 0 Å². The zero-order valence-corrected chi connectivity index (χ0v) is 39.5. The molecule has 0 saturated heterocycles. The van der Waals surface area contributed by atoms with E-state index in [4.69, 9.17) is 0 Å². The molecule has 14 rings (SSSR count). The fraction of sp³-hybridized carbons (Fsp3) is 0. The maximum absolute atomic E-state index is 2.44. The predicted molar refractivity (Wildman–Crippen MR) is 309 cm³/mol. The predicted octanol–water partition coefficient (Wildman–Crippen LogP) is 20.0. The minimum Gasteiger partial charge on any atom is -0.310 e. The fourth-order valence-corrected chi connectivity index (χ4v) is 11.5. The molecule has 0 saturated carbocycles. The van der Waals surface area contributed by atoms with Gasteiger partial charge < -0.3 is 9.80 Å². The van der Waals surface area contributed by atoms with Crippen LogP contribution in [0, 0.1) is 0 Å². The van der Waals surface area contributed by atoms with Crippen LogP contribution in [0.25, 0.3) is 97.7 Å². The van der Waals surface area contributed by atoms with Crippen molar-refractivity contribution in [2.75, 3.05) is 9.80 Å². The molecule has 0 aliphatic heterocycles. The molecule has 72 heavy (non-hydrogen) atoms. The molecule has 14 aromatic rings. The van der Waals surface area contributed by atoms with E-state index < -0.39 is 0 Å². The number of fused-ring (bicyclic) bond motifs is 11. The highest BCUT2D eigenvalue weighted by atomic mass is 15.1. The van der Waals surface area contributed by atoms with E-state index in [1.165, 1.54) is 97.7 Å². The summed E-state index contributed by atoms with van der Waals surface area (Å²) in [6, 6.07) is 102. The summed E-state index contributed by atoms with van der Waals surface area (Å²) >= 11 is 0. The van der Waals surface area contributed by atoms with Crippen molar-refractivity contribution in [3.05, 3.63) is 279 Å². The van der Waals surface area contributed by atoms with Gasteiger partial charge in [-0.2, -0.15) is 0 Å². The standard InChI is InChI=1S/C70H46N2/c1-5-21-51(22-6-1)71(52-23-7-2-8-24-52)69-45-67-57-31-15-13-29-55(57)63(43-65(67)59-33-17-19-35-61(59)69)48-39-37-47-38-40-49(42-50(47)41-48)64-44-66-60-34-18-20-36-62(60)70(46-68(66)58-32-16-14-30-56(58)64)72(53-25-9-3-10-26-53)54-27-11-4-12-28-54/h1-46H. The van der Waals surface area contributed by atoms with E-state index in [1.807, 2.05) is 0 Å². The Morgan fingerprint density at radius 1 is 0.181 bits per heavy atom. The molecule has 0 bridgehead atoms. The van der Waals surface area contributed by atoms with Crippen LogP contribution < -0.4 is 9.80 Å². The molecule has 0 aliphatic rings. The van der Waals surface area contributed by atoms with Gasteiger partial charge in [-0.15, -0.1) is 0 Å². The molecular weight excluding hydrogens is 869 g/mol. The SMILES string of the molecule is c1ccc(N(c2ccccc2)c2cc3c4ccccc4c(-c4ccc5ccc(-c6cc7c8ccccc8c(N(c8ccccc8)c8ccccc8)cc7c7ccccc67)cc5c4)cc3c3ccccc23)cc1. The molecule has 0 spiro atoms. The highest BCUT2D eigenvalue weighted by Crippen LogP contribution is 2.48. The molecule has 0 aromatic heterocycles. The maximum atomic E-state index is 2.44. The van der Waals surface area contributed by atoms with E-state index in [0.717, 1.165) is 34.1 Å². The summed E-state index contributed by atoms with van der Waals surface area (Å²) in [5.41, 5.74) is 11.7. The Balaban J connectivity index is 0.945. The molecule has 14 aromatic carbocycles. The molecule has 0 heterocycles. The van der Waals surface area contributed by atoms with Gasteiger partial charge in [0.1, 0.15) is 0 Å². The Kier molecular flexibility index (Phi) is 9.89. The lowest BCUT2D eigenvalue weighted by Gasteiger charge is -2.28. The maximum Gasteiger partial charge on any atom is 0.0546 e. The Labute approximate surface area is 418 Å². The van der Waals surface area contributed by atoms with E-state index in [2.05, 4.69) is 289 Å². The number of hydrogen-bond acceptors (Lipinski definition) is 2. The summed E-state index contributed by atoms with van der Waals surface area (Å²) in [5, 5.41) is 17.2. The molecule has 0 aliphatic carbocycles. The minimum atomic E-state index is 1.12. The summed E-state index contributed by atoms with van der Waals surface area (Å²) in [7, 11) is 0. The third-order valence-corrected chi connectivity index (χ3v) is 14.7. The first kappa shape index (κ1) is 41.5. The second kappa shape index (κ2) is 17.2. The summed E-state index contributed by atoms with van der Waals surface area (Å²) < 4.78 is 0. The van der Waals surface area contributed by atoms with Crippen molar-refractivity contribution in [1.29, 1.82) is 0 Å². The zero-order chi connectivity index (χ0) is 47.5. The minimum absolute atomic E-state index is 1.12. The van der Waals surface area contributed by atoms with Gasteiger partial charge in [-0.05, 0) is 172 Å². The smallest absolute Gasteiger partial charge is 0.0546 e. The van der Waals surface area contributed by atoms with Crippen LogP contribution in [-0.4, -0.2) is 0 Å². The number of anilines is 6. The molecule has 0 N–H and O–H groups in total.